The molecule has 2 N–H and O–H groups in total. The highest BCUT2D eigenvalue weighted by Crippen LogP contribution is 2.20. The van der Waals surface area contributed by atoms with Gasteiger partial charge in [-0.2, -0.15) is 0 Å². The second kappa shape index (κ2) is 8.02. The van der Waals surface area contributed by atoms with Gasteiger partial charge >= 0.3 is 0 Å². The number of nitrogens with zero attached hydrogens (tertiary/aromatic N) is 2. The number of carbonyl (C=O) groups excluding carboxylic acids is 1. The van der Waals surface area contributed by atoms with E-state index in [-0.39, 0.29) is 17.9 Å². The average molecular weight is 277 g/mol. The first-order chi connectivity index (χ1) is 9.43. The van der Waals surface area contributed by atoms with Crippen LogP contribution in [0.4, 0.5) is 0 Å². The van der Waals surface area contributed by atoms with E-state index in [9.17, 15) is 4.79 Å². The highest BCUT2D eigenvalue weighted by molar-refractivity contribution is 5.79. The van der Waals surface area contributed by atoms with E-state index < -0.39 is 0 Å². The maximum atomic E-state index is 12.4. The minimum Gasteiger partial charge on any atom is -0.345 e. The molecule has 2 atom stereocenters. The second-order valence-corrected chi connectivity index (χ2v) is 5.64. The summed E-state index contributed by atoms with van der Waals surface area (Å²) in [6.07, 6.45) is 0.975. The van der Waals surface area contributed by atoms with Crippen LogP contribution in [0, 0.1) is 5.92 Å². The van der Waals surface area contributed by atoms with Crippen molar-refractivity contribution in [1.29, 1.82) is 0 Å². The van der Waals surface area contributed by atoms with Crippen molar-refractivity contribution >= 4 is 5.91 Å². The van der Waals surface area contributed by atoms with Crippen LogP contribution in [0.3, 0.4) is 0 Å². The van der Waals surface area contributed by atoms with Gasteiger partial charge in [-0.1, -0.05) is 37.3 Å². The Morgan fingerprint density at radius 1 is 1.15 bits per heavy atom. The van der Waals surface area contributed by atoms with Gasteiger partial charge in [0.05, 0.1) is 5.92 Å². The van der Waals surface area contributed by atoms with Crippen LogP contribution >= 0.6 is 0 Å². The predicted octanol–water partition coefficient (Wildman–Crippen LogP) is 1.73. The van der Waals surface area contributed by atoms with E-state index in [0.29, 0.717) is 0 Å². The molecule has 0 bridgehead atoms. The molecule has 1 rings (SSSR count). The van der Waals surface area contributed by atoms with Crippen molar-refractivity contribution in [2.45, 2.75) is 19.4 Å². The molecule has 20 heavy (non-hydrogen) atoms. The number of hydrogen-bond donors (Lipinski definition) is 1. The second-order valence-electron chi connectivity index (χ2n) is 5.64. The predicted molar refractivity (Wildman–Crippen MR) is 83.3 cm³/mol. The molecule has 0 saturated heterocycles. The largest absolute Gasteiger partial charge is 0.345 e. The van der Waals surface area contributed by atoms with Gasteiger partial charge in [-0.3, -0.25) is 4.79 Å². The third-order valence-corrected chi connectivity index (χ3v) is 3.59. The fraction of sp³-hybridized carbons (Fsp3) is 0.562. The maximum Gasteiger partial charge on any atom is 0.227 e. The molecule has 0 radical (unpaired) electrons. The van der Waals surface area contributed by atoms with E-state index >= 15 is 0 Å². The van der Waals surface area contributed by atoms with E-state index in [1.54, 1.807) is 4.90 Å². The molecule has 112 valence electrons. The molecule has 1 aromatic rings. The lowest BCUT2D eigenvalue weighted by atomic mass is 9.94. The van der Waals surface area contributed by atoms with Crippen molar-refractivity contribution in [3.63, 3.8) is 0 Å². The topological polar surface area (TPSA) is 49.6 Å². The van der Waals surface area contributed by atoms with Crippen molar-refractivity contribution in [3.05, 3.63) is 35.9 Å². The van der Waals surface area contributed by atoms with E-state index in [1.165, 1.54) is 0 Å². The van der Waals surface area contributed by atoms with E-state index in [0.717, 1.165) is 25.1 Å². The lowest BCUT2D eigenvalue weighted by molar-refractivity contribution is -0.134. The van der Waals surface area contributed by atoms with Gasteiger partial charge in [0, 0.05) is 19.6 Å². The maximum absolute atomic E-state index is 12.4. The molecule has 4 nitrogen and oxygen atoms in total. The fourth-order valence-corrected chi connectivity index (χ4v) is 2.20. The molecule has 1 amide bonds. The number of amides is 1. The van der Waals surface area contributed by atoms with Crippen LogP contribution in [0.1, 0.15) is 24.9 Å². The lowest BCUT2D eigenvalue weighted by Crippen LogP contribution is -2.38. The third-order valence-electron chi connectivity index (χ3n) is 3.59. The Morgan fingerprint density at radius 3 is 2.30 bits per heavy atom. The van der Waals surface area contributed by atoms with Gasteiger partial charge in [-0.25, -0.2) is 0 Å². The Morgan fingerprint density at radius 2 is 1.75 bits per heavy atom. The summed E-state index contributed by atoms with van der Waals surface area (Å²) in [5, 5.41) is 0. The summed E-state index contributed by atoms with van der Waals surface area (Å²) in [4.78, 5) is 16.3. The van der Waals surface area contributed by atoms with Crippen molar-refractivity contribution < 1.29 is 4.79 Å². The highest BCUT2D eigenvalue weighted by atomic mass is 16.2. The minimum absolute atomic E-state index is 0.111. The van der Waals surface area contributed by atoms with E-state index in [2.05, 4.69) is 4.90 Å². The molecule has 0 aliphatic rings. The third kappa shape index (κ3) is 4.94. The smallest absolute Gasteiger partial charge is 0.227 e. The quantitative estimate of drug-likeness (QED) is 0.826. The van der Waals surface area contributed by atoms with E-state index in [1.807, 2.05) is 58.4 Å². The van der Waals surface area contributed by atoms with Gasteiger partial charge < -0.3 is 15.5 Å². The van der Waals surface area contributed by atoms with Crippen molar-refractivity contribution in [2.75, 3.05) is 34.2 Å². The van der Waals surface area contributed by atoms with Gasteiger partial charge in [-0.05, 0) is 32.6 Å². The van der Waals surface area contributed by atoms with Gasteiger partial charge in [0.2, 0.25) is 5.91 Å². The van der Waals surface area contributed by atoms with Crippen molar-refractivity contribution in [1.82, 2.24) is 9.80 Å². The van der Waals surface area contributed by atoms with Gasteiger partial charge in [0.15, 0.2) is 0 Å². The molecule has 1 aromatic carbocycles. The molecule has 0 aliphatic heterocycles. The van der Waals surface area contributed by atoms with Crippen LogP contribution < -0.4 is 5.73 Å². The standard InChI is InChI=1S/C16H27N3O/c1-13(15(17)14-9-6-5-7-10-14)16(20)19(4)12-8-11-18(2)3/h5-7,9-10,13,15H,8,11-12,17H2,1-4H3. The number of carbonyl (C=O) groups is 1. The first kappa shape index (κ1) is 16.7. The van der Waals surface area contributed by atoms with Crippen LogP contribution in [0.15, 0.2) is 30.3 Å². The molecule has 0 saturated carbocycles. The van der Waals surface area contributed by atoms with Crippen molar-refractivity contribution in [2.24, 2.45) is 11.7 Å². The Balaban J connectivity index is 2.53. The zero-order chi connectivity index (χ0) is 15.1. The number of benzene rings is 1. The molecule has 0 spiro atoms. The normalized spacial score (nSPS) is 14.1. The van der Waals surface area contributed by atoms with Gasteiger partial charge in [0.25, 0.3) is 0 Å². The molecule has 0 fully saturated rings. The summed E-state index contributed by atoms with van der Waals surface area (Å²) >= 11 is 0. The first-order valence-electron chi connectivity index (χ1n) is 7.13. The molecular formula is C16H27N3O. The number of hydrogen-bond acceptors (Lipinski definition) is 3. The average Bonchev–Trinajstić information content (AvgIpc) is 2.45. The molecule has 0 heterocycles. The Labute approximate surface area is 122 Å². The van der Waals surface area contributed by atoms with Crippen LogP contribution in [0.25, 0.3) is 0 Å². The zero-order valence-corrected chi connectivity index (χ0v) is 13.0. The Bertz CT molecular complexity index is 405. The van der Waals surface area contributed by atoms with Crippen molar-refractivity contribution in [3.8, 4) is 0 Å². The van der Waals surface area contributed by atoms with Gasteiger partial charge in [0.1, 0.15) is 0 Å². The van der Waals surface area contributed by atoms with Crippen LogP contribution in [-0.2, 0) is 4.79 Å². The zero-order valence-electron chi connectivity index (χ0n) is 13.0. The number of nitrogens with two attached hydrogens (primary N) is 1. The lowest BCUT2D eigenvalue weighted by Gasteiger charge is -2.26. The summed E-state index contributed by atoms with van der Waals surface area (Å²) in [5.74, 6) is -0.0955. The molecule has 0 aliphatic carbocycles. The number of rotatable bonds is 7. The van der Waals surface area contributed by atoms with Crippen LogP contribution in [0.2, 0.25) is 0 Å². The minimum atomic E-state index is -0.250. The molecule has 0 aromatic heterocycles. The van der Waals surface area contributed by atoms with E-state index in [4.69, 9.17) is 5.73 Å². The monoisotopic (exact) mass is 277 g/mol. The first-order valence-corrected chi connectivity index (χ1v) is 7.13. The summed E-state index contributed by atoms with van der Waals surface area (Å²) in [6, 6.07) is 9.55. The van der Waals surface area contributed by atoms with Crippen LogP contribution in [-0.4, -0.2) is 49.9 Å². The fourth-order valence-electron chi connectivity index (χ4n) is 2.20. The molecule has 4 heteroatoms. The van der Waals surface area contributed by atoms with Gasteiger partial charge in [-0.15, -0.1) is 0 Å². The highest BCUT2D eigenvalue weighted by Gasteiger charge is 2.24. The summed E-state index contributed by atoms with van der Waals surface area (Å²) in [5.41, 5.74) is 7.21. The summed E-state index contributed by atoms with van der Waals surface area (Å²) in [6.45, 7) is 3.65. The molecule has 2 unspecified atom stereocenters. The SMILES string of the molecule is CC(C(=O)N(C)CCCN(C)C)C(N)c1ccccc1. The Kier molecular flexibility index (Phi) is 6.68. The summed E-state index contributed by atoms with van der Waals surface area (Å²) in [7, 11) is 5.93. The van der Waals surface area contributed by atoms with Crippen LogP contribution in [0.5, 0.6) is 0 Å². The summed E-state index contributed by atoms with van der Waals surface area (Å²) < 4.78 is 0. The Hall–Kier alpha value is -1.39. The molecular weight excluding hydrogens is 250 g/mol.